The summed E-state index contributed by atoms with van der Waals surface area (Å²) < 4.78 is 27.7. The average Bonchev–Trinajstić information content (AvgIpc) is 3.18. The molecule has 7 heteroatoms. The summed E-state index contributed by atoms with van der Waals surface area (Å²) in [7, 11) is 0. The van der Waals surface area contributed by atoms with Gasteiger partial charge in [-0.25, -0.2) is 13.8 Å². The van der Waals surface area contributed by atoms with Crippen molar-refractivity contribution >= 4 is 27.5 Å². The van der Waals surface area contributed by atoms with Crippen LogP contribution in [0.25, 0.3) is 10.2 Å². The van der Waals surface area contributed by atoms with Crippen LogP contribution in [-0.2, 0) is 4.79 Å². The molecule has 1 aliphatic heterocycles. The number of nitrogens with two attached hydrogens (primary N) is 1. The highest BCUT2D eigenvalue weighted by Gasteiger charge is 2.28. The predicted octanol–water partition coefficient (Wildman–Crippen LogP) is 3.61. The summed E-state index contributed by atoms with van der Waals surface area (Å²) in [6.07, 6.45) is 2.00. The number of rotatable bonds is 5. The number of carbonyl (C=O) groups is 1. The fraction of sp³-hybridized carbons (Fsp3) is 0.364. The molecular weight excluding hydrogens is 392 g/mol. The molecule has 0 spiro atoms. The molecule has 29 heavy (non-hydrogen) atoms. The Kier molecular flexibility index (Phi) is 5.87. The molecule has 0 bridgehead atoms. The summed E-state index contributed by atoms with van der Waals surface area (Å²) in [5.41, 5.74) is 1.69. The molecule has 3 aromatic rings. The second-order valence-electron chi connectivity index (χ2n) is 7.60. The van der Waals surface area contributed by atoms with Crippen LogP contribution in [0, 0.1) is 11.6 Å². The Labute approximate surface area is 172 Å². The molecule has 4 nitrogen and oxygen atoms in total. The average molecular weight is 417 g/mol. The van der Waals surface area contributed by atoms with Gasteiger partial charge in [0.2, 0.25) is 0 Å². The molecular formula is C22H24F2N3OS+. The first-order valence-electron chi connectivity index (χ1n) is 9.93. The minimum atomic E-state index is -0.858. The van der Waals surface area contributed by atoms with E-state index in [1.165, 1.54) is 10.8 Å². The number of benzene rings is 2. The van der Waals surface area contributed by atoms with Crippen molar-refractivity contribution in [1.29, 1.82) is 0 Å². The number of para-hydroxylation sites is 1. The van der Waals surface area contributed by atoms with Gasteiger partial charge < -0.3 is 10.2 Å². The summed E-state index contributed by atoms with van der Waals surface area (Å²) in [5, 5.41) is 2.97. The molecule has 2 heterocycles. The maximum absolute atomic E-state index is 13.4. The summed E-state index contributed by atoms with van der Waals surface area (Å²) in [5.74, 6) is -1.37. The number of hydrogen-bond donors (Lipinski definition) is 1. The van der Waals surface area contributed by atoms with Crippen LogP contribution in [0.4, 0.5) is 8.78 Å². The van der Waals surface area contributed by atoms with E-state index in [0.717, 1.165) is 36.0 Å². The first-order chi connectivity index (χ1) is 14.0. The molecule has 1 fully saturated rings. The van der Waals surface area contributed by atoms with Gasteiger partial charge in [-0.15, -0.1) is 11.3 Å². The van der Waals surface area contributed by atoms with E-state index in [-0.39, 0.29) is 24.4 Å². The zero-order valence-electron chi connectivity index (χ0n) is 16.3. The van der Waals surface area contributed by atoms with Gasteiger partial charge in [-0.3, -0.25) is 4.79 Å². The van der Waals surface area contributed by atoms with Crippen LogP contribution < -0.4 is 5.32 Å². The van der Waals surface area contributed by atoms with Crippen LogP contribution in [0.15, 0.2) is 42.5 Å². The van der Waals surface area contributed by atoms with Gasteiger partial charge in [0.1, 0.15) is 6.04 Å². The Balaban J connectivity index is 1.36. The summed E-state index contributed by atoms with van der Waals surface area (Å²) in [4.78, 5) is 19.4. The molecule has 1 aliphatic rings. The van der Waals surface area contributed by atoms with E-state index in [2.05, 4.69) is 6.07 Å². The highest BCUT2D eigenvalue weighted by atomic mass is 32.1. The third-order valence-corrected chi connectivity index (χ3v) is 6.75. The largest absolute Gasteiger partial charge is 0.337 e. The van der Waals surface area contributed by atoms with E-state index in [0.29, 0.717) is 12.1 Å². The maximum atomic E-state index is 13.4. The van der Waals surface area contributed by atoms with Crippen molar-refractivity contribution in [3.63, 3.8) is 0 Å². The second kappa shape index (κ2) is 8.55. The molecule has 2 atom stereocenters. The number of halogens is 2. The Morgan fingerprint density at radius 2 is 2.10 bits per heavy atom. The lowest BCUT2D eigenvalue weighted by Crippen LogP contribution is -2.87. The molecule has 1 saturated heterocycles. The SMILES string of the molecule is C[C@H]([NH2+]CC(=O)N1CCC[C@H](c2nc3ccccc3s2)C1)c1ccc(F)c(F)c1. The van der Waals surface area contributed by atoms with Gasteiger partial charge in [0.25, 0.3) is 5.91 Å². The number of likely N-dealkylation sites (tertiary alicyclic amines) is 1. The van der Waals surface area contributed by atoms with Crippen LogP contribution in [0.2, 0.25) is 0 Å². The smallest absolute Gasteiger partial charge is 0.277 e. The normalized spacial score (nSPS) is 18.2. The van der Waals surface area contributed by atoms with Gasteiger partial charge in [0.15, 0.2) is 18.2 Å². The maximum Gasteiger partial charge on any atom is 0.277 e. The number of nitrogens with zero attached hydrogens (tertiary/aromatic N) is 2. The van der Waals surface area contributed by atoms with Crippen molar-refractivity contribution in [3.8, 4) is 0 Å². The lowest BCUT2D eigenvalue weighted by atomic mass is 9.98. The van der Waals surface area contributed by atoms with Crippen molar-refractivity contribution in [2.45, 2.75) is 31.7 Å². The molecule has 0 saturated carbocycles. The van der Waals surface area contributed by atoms with E-state index < -0.39 is 11.6 Å². The summed E-state index contributed by atoms with van der Waals surface area (Å²) >= 11 is 1.71. The number of amides is 1. The molecule has 2 aromatic carbocycles. The van der Waals surface area contributed by atoms with E-state index in [1.54, 1.807) is 17.4 Å². The van der Waals surface area contributed by atoms with Crippen molar-refractivity contribution < 1.29 is 18.9 Å². The van der Waals surface area contributed by atoms with Crippen LogP contribution in [0.3, 0.4) is 0 Å². The van der Waals surface area contributed by atoms with Gasteiger partial charge in [0, 0.05) is 24.6 Å². The quantitative estimate of drug-likeness (QED) is 0.691. The summed E-state index contributed by atoms with van der Waals surface area (Å²) in [6.45, 7) is 3.62. The lowest BCUT2D eigenvalue weighted by molar-refractivity contribution is -0.683. The molecule has 0 radical (unpaired) electrons. The van der Waals surface area contributed by atoms with E-state index >= 15 is 0 Å². The van der Waals surface area contributed by atoms with Crippen molar-refractivity contribution in [2.75, 3.05) is 19.6 Å². The number of hydrogen-bond acceptors (Lipinski definition) is 3. The van der Waals surface area contributed by atoms with Gasteiger partial charge in [0.05, 0.1) is 15.2 Å². The Bertz CT molecular complexity index is 989. The number of thiazole rings is 1. The van der Waals surface area contributed by atoms with Crippen molar-refractivity contribution in [1.82, 2.24) is 9.88 Å². The topological polar surface area (TPSA) is 49.8 Å². The molecule has 1 amide bonds. The van der Waals surface area contributed by atoms with E-state index in [1.807, 2.05) is 35.3 Å². The van der Waals surface area contributed by atoms with Crippen LogP contribution in [0.1, 0.15) is 42.3 Å². The minimum absolute atomic E-state index is 0.0743. The lowest BCUT2D eigenvalue weighted by Gasteiger charge is -2.31. The zero-order chi connectivity index (χ0) is 20.4. The fourth-order valence-corrected chi connectivity index (χ4v) is 4.90. The number of carbonyl (C=O) groups excluding carboxylic acids is 1. The van der Waals surface area contributed by atoms with Crippen molar-refractivity contribution in [2.24, 2.45) is 0 Å². The molecule has 0 aliphatic carbocycles. The first-order valence-corrected chi connectivity index (χ1v) is 10.7. The fourth-order valence-electron chi connectivity index (χ4n) is 3.81. The van der Waals surface area contributed by atoms with E-state index in [9.17, 15) is 13.6 Å². The van der Waals surface area contributed by atoms with Crippen LogP contribution in [0.5, 0.6) is 0 Å². The predicted molar refractivity (Wildman–Crippen MR) is 110 cm³/mol. The van der Waals surface area contributed by atoms with Gasteiger partial charge in [-0.05, 0) is 50.1 Å². The Morgan fingerprint density at radius 1 is 1.28 bits per heavy atom. The number of fused-ring (bicyclic) bond motifs is 1. The number of aromatic nitrogens is 1. The highest BCUT2D eigenvalue weighted by molar-refractivity contribution is 7.18. The minimum Gasteiger partial charge on any atom is -0.337 e. The molecule has 0 unspecified atom stereocenters. The third-order valence-electron chi connectivity index (χ3n) is 5.55. The summed E-state index contributed by atoms with van der Waals surface area (Å²) in [6, 6.07) is 11.9. The van der Waals surface area contributed by atoms with Crippen LogP contribution >= 0.6 is 11.3 Å². The Hall–Kier alpha value is -2.38. The first kappa shape index (κ1) is 19.9. The third kappa shape index (κ3) is 4.46. The van der Waals surface area contributed by atoms with Crippen molar-refractivity contribution in [3.05, 3.63) is 64.7 Å². The molecule has 152 valence electrons. The standard InChI is InChI=1S/C22H23F2N3OS/c1-14(15-8-9-17(23)18(24)11-15)25-12-21(28)27-10-4-5-16(13-27)22-26-19-6-2-3-7-20(19)29-22/h2-3,6-9,11,14,16,25H,4-5,10,12-13H2,1H3/p+1/t14-,16-/m0/s1. The second-order valence-corrected chi connectivity index (χ2v) is 8.66. The monoisotopic (exact) mass is 416 g/mol. The number of piperidine rings is 1. The zero-order valence-corrected chi connectivity index (χ0v) is 17.1. The number of quaternary nitrogens is 1. The molecule has 1 aromatic heterocycles. The van der Waals surface area contributed by atoms with E-state index in [4.69, 9.17) is 4.98 Å². The highest BCUT2D eigenvalue weighted by Crippen LogP contribution is 2.32. The van der Waals surface area contributed by atoms with Gasteiger partial charge in [-0.2, -0.15) is 0 Å². The van der Waals surface area contributed by atoms with Gasteiger partial charge in [-0.1, -0.05) is 12.1 Å². The molecule has 2 N–H and O–H groups in total. The molecule has 4 rings (SSSR count). The van der Waals surface area contributed by atoms with Gasteiger partial charge >= 0.3 is 0 Å². The van der Waals surface area contributed by atoms with Crippen LogP contribution in [-0.4, -0.2) is 35.4 Å². The Morgan fingerprint density at radius 3 is 2.90 bits per heavy atom.